The number of carboxylic acids is 1. The zero-order valence-electron chi connectivity index (χ0n) is 26.2. The van der Waals surface area contributed by atoms with Crippen molar-refractivity contribution in [3.8, 4) is 28.5 Å². The molecule has 1 fully saturated rings. The summed E-state index contributed by atoms with van der Waals surface area (Å²) in [5.74, 6) is 0.172. The molecule has 2 heterocycles. The van der Waals surface area contributed by atoms with E-state index in [1.807, 2.05) is 49.4 Å². The number of carbonyl (C=O) groups excluding carboxylic acids is 2. The Bertz CT molecular complexity index is 2080. The van der Waals surface area contributed by atoms with Crippen molar-refractivity contribution in [2.75, 3.05) is 20.3 Å². The summed E-state index contributed by atoms with van der Waals surface area (Å²) in [6, 6.07) is 21.3. The third-order valence-electron chi connectivity index (χ3n) is 8.71. The first-order valence-electron chi connectivity index (χ1n) is 15.5. The Balaban J connectivity index is 1.24. The minimum absolute atomic E-state index is 0.0547. The predicted octanol–water partition coefficient (Wildman–Crippen LogP) is 6.70. The Morgan fingerprint density at radius 3 is 2.56 bits per heavy atom. The highest BCUT2D eigenvalue weighted by Crippen LogP contribution is 2.46. The molecule has 48 heavy (non-hydrogen) atoms. The number of hydrogen-bond acceptors (Lipinski definition) is 8. The van der Waals surface area contributed by atoms with Gasteiger partial charge in [-0.05, 0) is 93.3 Å². The maximum atomic E-state index is 14.3. The fraction of sp³-hybridized carbons (Fsp3) is 0.250. The number of fused-ring (bicyclic) bond motifs is 3. The number of amides is 1. The van der Waals surface area contributed by atoms with Crippen molar-refractivity contribution in [1.29, 1.82) is 0 Å². The van der Waals surface area contributed by atoms with Crippen LogP contribution in [0.1, 0.15) is 68.9 Å². The third-order valence-corrected chi connectivity index (χ3v) is 9.33. The molecule has 1 atom stereocenters. The molecule has 1 saturated carbocycles. The highest BCUT2D eigenvalue weighted by atomic mass is 79.9. The number of hydrogen-bond donors (Lipinski definition) is 2. The van der Waals surface area contributed by atoms with Crippen LogP contribution in [-0.4, -0.2) is 58.1 Å². The van der Waals surface area contributed by atoms with E-state index in [1.54, 1.807) is 29.9 Å². The lowest BCUT2D eigenvalue weighted by Gasteiger charge is -2.15. The van der Waals surface area contributed by atoms with Crippen molar-refractivity contribution >= 4 is 33.9 Å². The summed E-state index contributed by atoms with van der Waals surface area (Å²) >= 11 is 3.51. The number of nitrogens with one attached hydrogen (secondary N) is 1. The molecule has 2 aliphatic carbocycles. The van der Waals surface area contributed by atoms with Crippen LogP contribution in [0.15, 0.2) is 75.6 Å². The lowest BCUT2D eigenvalue weighted by atomic mass is 9.96. The zero-order valence-corrected chi connectivity index (χ0v) is 27.7. The van der Waals surface area contributed by atoms with E-state index in [-0.39, 0.29) is 24.3 Å². The molecule has 11 nitrogen and oxygen atoms in total. The molecule has 0 bridgehead atoms. The Hall–Kier alpha value is -5.23. The second kappa shape index (κ2) is 12.8. The van der Waals surface area contributed by atoms with Gasteiger partial charge in [-0.25, -0.2) is 4.79 Å². The van der Waals surface area contributed by atoms with Gasteiger partial charge in [0.2, 0.25) is 5.89 Å². The first-order valence-corrected chi connectivity index (χ1v) is 16.3. The molecule has 244 valence electrons. The average Bonchev–Trinajstić information content (AvgIpc) is 3.61. The number of benzene rings is 3. The van der Waals surface area contributed by atoms with Crippen molar-refractivity contribution in [1.82, 2.24) is 20.1 Å². The van der Waals surface area contributed by atoms with Gasteiger partial charge < -0.3 is 24.3 Å². The van der Waals surface area contributed by atoms with E-state index < -0.39 is 18.6 Å². The standard InChI is InChI=1S/C36H31BrN4O7/c1-19-13-23(41(32(19)34-40-39-33(48-34)21-8-9-21)35(44)22-10-12-30(46-2)29(37)16-22)14-20-7-11-26-27(15-20)24-5-3-4-6-25(24)28(26)18-47-36(45)38-17-31(42)43/h3-7,10-13,15-16,21,28H,8-9,14,17-18H2,1-2H3,(H,38,45)(H,42,43). The predicted molar refractivity (Wildman–Crippen MR) is 178 cm³/mol. The number of rotatable bonds is 10. The van der Waals surface area contributed by atoms with Gasteiger partial charge in [-0.2, -0.15) is 0 Å². The van der Waals surface area contributed by atoms with Crippen LogP contribution in [0.4, 0.5) is 4.79 Å². The molecule has 2 N–H and O–H groups in total. The maximum Gasteiger partial charge on any atom is 0.407 e. The summed E-state index contributed by atoms with van der Waals surface area (Å²) in [5, 5.41) is 19.7. The van der Waals surface area contributed by atoms with Crippen molar-refractivity contribution in [2.24, 2.45) is 0 Å². The second-order valence-corrected chi connectivity index (χ2v) is 12.8. The fourth-order valence-electron chi connectivity index (χ4n) is 6.29. The number of alkyl carbamates (subject to hydrolysis) is 1. The number of carbonyl (C=O) groups is 3. The van der Waals surface area contributed by atoms with Gasteiger partial charge in [0, 0.05) is 29.5 Å². The molecular formula is C36H31BrN4O7. The normalized spacial score (nSPS) is 14.7. The molecule has 0 saturated heterocycles. The molecule has 0 spiro atoms. The van der Waals surface area contributed by atoms with Gasteiger partial charge in [-0.1, -0.05) is 42.5 Å². The van der Waals surface area contributed by atoms with Crippen LogP contribution >= 0.6 is 15.9 Å². The van der Waals surface area contributed by atoms with Gasteiger partial charge in [0.15, 0.2) is 0 Å². The van der Waals surface area contributed by atoms with Crippen LogP contribution in [0, 0.1) is 6.92 Å². The van der Waals surface area contributed by atoms with Crippen molar-refractivity contribution in [3.05, 3.63) is 111 Å². The minimum Gasteiger partial charge on any atom is -0.496 e. The summed E-state index contributed by atoms with van der Waals surface area (Å²) in [6.45, 7) is 1.47. The highest BCUT2D eigenvalue weighted by Gasteiger charge is 2.33. The van der Waals surface area contributed by atoms with E-state index in [9.17, 15) is 14.4 Å². The van der Waals surface area contributed by atoms with Gasteiger partial charge in [0.25, 0.3) is 11.8 Å². The topological polar surface area (TPSA) is 146 Å². The first-order chi connectivity index (χ1) is 23.2. The lowest BCUT2D eigenvalue weighted by Crippen LogP contribution is -2.30. The van der Waals surface area contributed by atoms with E-state index in [0.717, 1.165) is 51.9 Å². The third kappa shape index (κ3) is 5.99. The number of aliphatic carboxylic acids is 1. The molecule has 5 aromatic rings. The van der Waals surface area contributed by atoms with Gasteiger partial charge in [0.05, 0.1) is 11.6 Å². The SMILES string of the molecule is COc1ccc(C(=O)n2c(Cc3ccc4c(c3)-c3ccccc3C4COC(=O)NCC(=O)O)cc(C)c2-c2nnc(C3CC3)o2)cc1Br. The number of aryl methyl sites for hydroxylation is 1. The van der Waals surface area contributed by atoms with Gasteiger partial charge in [0.1, 0.15) is 24.6 Å². The van der Waals surface area contributed by atoms with Crippen molar-refractivity contribution in [2.45, 2.75) is 38.0 Å². The molecule has 1 unspecified atom stereocenters. The number of halogens is 1. The number of carboxylic acid groups (broad SMARTS) is 1. The van der Waals surface area contributed by atoms with Crippen LogP contribution in [0.2, 0.25) is 0 Å². The minimum atomic E-state index is -1.15. The zero-order chi connectivity index (χ0) is 33.5. The fourth-order valence-corrected chi connectivity index (χ4v) is 6.83. The summed E-state index contributed by atoms with van der Waals surface area (Å²) < 4.78 is 19.2. The Kier molecular flexibility index (Phi) is 8.34. The monoisotopic (exact) mass is 710 g/mol. The second-order valence-electron chi connectivity index (χ2n) is 12.0. The molecule has 1 amide bonds. The van der Waals surface area contributed by atoms with Gasteiger partial charge >= 0.3 is 12.1 Å². The molecule has 7 rings (SSSR count). The van der Waals surface area contributed by atoms with Crippen LogP contribution in [0.3, 0.4) is 0 Å². The van der Waals surface area contributed by atoms with E-state index in [1.165, 1.54) is 0 Å². The molecule has 3 aromatic carbocycles. The van der Waals surface area contributed by atoms with E-state index >= 15 is 0 Å². The smallest absolute Gasteiger partial charge is 0.407 e. The summed E-state index contributed by atoms with van der Waals surface area (Å²) in [6.07, 6.45) is 1.67. The number of nitrogens with zero attached hydrogens (tertiary/aromatic N) is 3. The molecule has 12 heteroatoms. The van der Waals surface area contributed by atoms with Crippen molar-refractivity contribution in [3.63, 3.8) is 0 Å². The lowest BCUT2D eigenvalue weighted by molar-refractivity contribution is -0.135. The quantitative estimate of drug-likeness (QED) is 0.162. The number of methoxy groups -OCH3 is 1. The molecule has 2 aliphatic rings. The molecule has 0 aliphatic heterocycles. The Labute approximate surface area is 284 Å². The highest BCUT2D eigenvalue weighted by molar-refractivity contribution is 9.10. The first kappa shape index (κ1) is 31.4. The van der Waals surface area contributed by atoms with Crippen LogP contribution in [0.5, 0.6) is 5.75 Å². The van der Waals surface area contributed by atoms with Gasteiger partial charge in [-0.15, -0.1) is 10.2 Å². The summed E-state index contributed by atoms with van der Waals surface area (Å²) in [7, 11) is 1.57. The Morgan fingerprint density at radius 2 is 1.81 bits per heavy atom. The molecular weight excluding hydrogens is 680 g/mol. The Morgan fingerprint density at radius 1 is 1.02 bits per heavy atom. The van der Waals surface area contributed by atoms with Crippen LogP contribution in [-0.2, 0) is 16.0 Å². The largest absolute Gasteiger partial charge is 0.496 e. The van der Waals surface area contributed by atoms with Crippen molar-refractivity contribution < 1.29 is 33.4 Å². The van der Waals surface area contributed by atoms with E-state index in [4.69, 9.17) is 19.0 Å². The van der Waals surface area contributed by atoms with Gasteiger partial charge in [-0.3, -0.25) is 14.2 Å². The molecule has 2 aromatic heterocycles. The number of aromatic nitrogens is 3. The number of ether oxygens (including phenoxy) is 2. The van der Waals surface area contributed by atoms with E-state index in [2.05, 4.69) is 37.5 Å². The molecule has 0 radical (unpaired) electrons. The maximum absolute atomic E-state index is 14.3. The van der Waals surface area contributed by atoms with Crippen LogP contribution < -0.4 is 10.1 Å². The summed E-state index contributed by atoms with van der Waals surface area (Å²) in [5.41, 5.74) is 7.63. The van der Waals surface area contributed by atoms with Crippen LogP contribution in [0.25, 0.3) is 22.7 Å². The summed E-state index contributed by atoms with van der Waals surface area (Å²) in [4.78, 5) is 37.3. The average molecular weight is 712 g/mol. The van der Waals surface area contributed by atoms with E-state index in [0.29, 0.717) is 39.7 Å².